The number of hydrogen-bond donors (Lipinski definition) is 3. The molecule has 108 valence electrons. The summed E-state index contributed by atoms with van der Waals surface area (Å²) in [5.41, 5.74) is -0.804. The molecule has 19 heavy (non-hydrogen) atoms. The van der Waals surface area contributed by atoms with Gasteiger partial charge in [-0.3, -0.25) is 9.59 Å². The Morgan fingerprint density at radius 1 is 1.37 bits per heavy atom. The summed E-state index contributed by atoms with van der Waals surface area (Å²) in [6.45, 7) is 3.64. The minimum atomic E-state index is -0.804. The lowest BCUT2D eigenvalue weighted by Gasteiger charge is -2.38. The van der Waals surface area contributed by atoms with Crippen LogP contribution in [0.15, 0.2) is 0 Å². The van der Waals surface area contributed by atoms with Gasteiger partial charge in [0.15, 0.2) is 0 Å². The molecule has 1 aliphatic heterocycles. The van der Waals surface area contributed by atoms with E-state index in [9.17, 15) is 14.7 Å². The smallest absolute Gasteiger partial charge is 0.311 e. The molecule has 0 aromatic rings. The molecule has 0 bridgehead atoms. The number of hydrogen-bond acceptors (Lipinski definition) is 3. The molecule has 3 unspecified atom stereocenters. The molecule has 5 heteroatoms. The van der Waals surface area contributed by atoms with Crippen molar-refractivity contribution in [1.82, 2.24) is 10.6 Å². The number of carboxylic acid groups (broad SMARTS) is 1. The monoisotopic (exact) mass is 268 g/mol. The van der Waals surface area contributed by atoms with Crippen molar-refractivity contribution in [2.75, 3.05) is 13.1 Å². The summed E-state index contributed by atoms with van der Waals surface area (Å²) in [5.74, 6) is -0.382. The average molecular weight is 268 g/mol. The van der Waals surface area contributed by atoms with Gasteiger partial charge in [0.05, 0.1) is 5.41 Å². The van der Waals surface area contributed by atoms with Crippen LogP contribution in [0.2, 0.25) is 0 Å². The van der Waals surface area contributed by atoms with Gasteiger partial charge in [0.25, 0.3) is 0 Å². The first-order valence-electron chi connectivity index (χ1n) is 7.26. The van der Waals surface area contributed by atoms with Crippen LogP contribution in [-0.2, 0) is 9.59 Å². The summed E-state index contributed by atoms with van der Waals surface area (Å²) in [6, 6.07) is -0.222. The van der Waals surface area contributed by atoms with E-state index in [0.717, 1.165) is 38.8 Å². The third-order valence-corrected chi connectivity index (χ3v) is 4.67. The molecular weight excluding hydrogens is 244 g/mol. The first-order valence-corrected chi connectivity index (χ1v) is 7.26. The Bertz CT molecular complexity index is 353. The van der Waals surface area contributed by atoms with Gasteiger partial charge in [0.1, 0.15) is 0 Å². The van der Waals surface area contributed by atoms with E-state index in [1.54, 1.807) is 6.92 Å². The van der Waals surface area contributed by atoms with Gasteiger partial charge in [0.2, 0.25) is 5.91 Å². The molecule has 0 radical (unpaired) electrons. The van der Waals surface area contributed by atoms with Crippen LogP contribution >= 0.6 is 0 Å². The molecule has 1 amide bonds. The van der Waals surface area contributed by atoms with Crippen LogP contribution in [0.3, 0.4) is 0 Å². The Morgan fingerprint density at radius 2 is 2.16 bits per heavy atom. The van der Waals surface area contributed by atoms with Crippen LogP contribution in [0.5, 0.6) is 0 Å². The summed E-state index contributed by atoms with van der Waals surface area (Å²) >= 11 is 0. The fourth-order valence-corrected chi connectivity index (χ4v) is 3.23. The zero-order valence-corrected chi connectivity index (χ0v) is 11.6. The van der Waals surface area contributed by atoms with Crippen molar-refractivity contribution in [3.63, 3.8) is 0 Å². The molecular formula is C14H24N2O3. The first kappa shape index (κ1) is 14.3. The van der Waals surface area contributed by atoms with Crippen molar-refractivity contribution < 1.29 is 14.7 Å². The van der Waals surface area contributed by atoms with Crippen molar-refractivity contribution in [1.29, 1.82) is 0 Å². The van der Waals surface area contributed by atoms with E-state index >= 15 is 0 Å². The molecule has 0 spiro atoms. The lowest BCUT2D eigenvalue weighted by molar-refractivity contribution is -0.152. The number of carbonyl (C=O) groups excluding carboxylic acids is 1. The van der Waals surface area contributed by atoms with Gasteiger partial charge < -0.3 is 15.7 Å². The van der Waals surface area contributed by atoms with E-state index in [2.05, 4.69) is 10.6 Å². The van der Waals surface area contributed by atoms with Gasteiger partial charge in [-0.2, -0.15) is 0 Å². The summed E-state index contributed by atoms with van der Waals surface area (Å²) in [4.78, 5) is 23.5. The quantitative estimate of drug-likeness (QED) is 0.714. The van der Waals surface area contributed by atoms with Gasteiger partial charge >= 0.3 is 5.97 Å². The van der Waals surface area contributed by atoms with Crippen LogP contribution in [0.1, 0.15) is 45.4 Å². The molecule has 3 atom stereocenters. The second kappa shape index (κ2) is 5.90. The molecule has 0 aromatic heterocycles. The molecule has 0 aromatic carbocycles. The van der Waals surface area contributed by atoms with Crippen molar-refractivity contribution in [3.8, 4) is 0 Å². The third kappa shape index (κ3) is 3.26. The van der Waals surface area contributed by atoms with Gasteiger partial charge in [-0.25, -0.2) is 0 Å². The minimum absolute atomic E-state index is 0.00748. The Kier molecular flexibility index (Phi) is 4.45. The third-order valence-electron chi connectivity index (χ3n) is 4.67. The van der Waals surface area contributed by atoms with Gasteiger partial charge in [0, 0.05) is 12.5 Å². The highest BCUT2D eigenvalue weighted by atomic mass is 16.4. The molecule has 1 saturated heterocycles. The second-order valence-electron chi connectivity index (χ2n) is 6.15. The maximum atomic E-state index is 12.0. The maximum Gasteiger partial charge on any atom is 0.311 e. The molecule has 2 rings (SSSR count). The topological polar surface area (TPSA) is 78.4 Å². The van der Waals surface area contributed by atoms with E-state index in [1.807, 2.05) is 0 Å². The fourth-order valence-electron chi connectivity index (χ4n) is 3.23. The number of rotatable bonds is 4. The highest BCUT2D eigenvalue weighted by molar-refractivity contribution is 5.80. The van der Waals surface area contributed by atoms with Crippen LogP contribution in [0.4, 0.5) is 0 Å². The zero-order valence-electron chi connectivity index (χ0n) is 11.6. The van der Waals surface area contributed by atoms with E-state index in [-0.39, 0.29) is 11.9 Å². The Morgan fingerprint density at radius 3 is 2.79 bits per heavy atom. The summed E-state index contributed by atoms with van der Waals surface area (Å²) < 4.78 is 0. The largest absolute Gasteiger partial charge is 0.481 e. The van der Waals surface area contributed by atoms with E-state index in [1.165, 1.54) is 0 Å². The molecule has 5 nitrogen and oxygen atoms in total. The average Bonchev–Trinajstić information content (AvgIpc) is 2.84. The summed E-state index contributed by atoms with van der Waals surface area (Å²) in [5, 5.41) is 15.6. The highest BCUT2D eigenvalue weighted by Gasteiger charge is 2.43. The molecule has 2 fully saturated rings. The summed E-state index contributed by atoms with van der Waals surface area (Å²) in [6.07, 6.45) is 4.91. The predicted octanol–water partition coefficient (Wildman–Crippen LogP) is 1.14. The number of nitrogens with one attached hydrogen (secondary N) is 2. The Hall–Kier alpha value is -1.10. The second-order valence-corrected chi connectivity index (χ2v) is 6.15. The zero-order chi connectivity index (χ0) is 13.9. The van der Waals surface area contributed by atoms with E-state index in [0.29, 0.717) is 18.8 Å². The maximum absolute atomic E-state index is 12.0. The van der Waals surface area contributed by atoms with Gasteiger partial charge in [-0.05, 0) is 45.2 Å². The Balaban J connectivity index is 1.91. The van der Waals surface area contributed by atoms with Crippen LogP contribution in [-0.4, -0.2) is 36.1 Å². The molecule has 1 saturated carbocycles. The standard InChI is InChI=1S/C14H24N2O3/c1-14(13(18)19)6-3-2-4-11(14)16-12(17)8-10-5-7-15-9-10/h10-11,15H,2-9H2,1H3,(H,16,17)(H,18,19). The molecule has 3 N–H and O–H groups in total. The Labute approximate surface area is 114 Å². The molecule has 1 aliphatic carbocycles. The number of aliphatic carboxylic acids is 1. The fraction of sp³-hybridized carbons (Fsp3) is 0.857. The molecule has 2 aliphatic rings. The van der Waals surface area contributed by atoms with Gasteiger partial charge in [-0.1, -0.05) is 12.8 Å². The lowest BCUT2D eigenvalue weighted by atomic mass is 9.71. The van der Waals surface area contributed by atoms with Crippen LogP contribution in [0.25, 0.3) is 0 Å². The van der Waals surface area contributed by atoms with Crippen LogP contribution < -0.4 is 10.6 Å². The number of carboxylic acids is 1. The minimum Gasteiger partial charge on any atom is -0.481 e. The van der Waals surface area contributed by atoms with Crippen molar-refractivity contribution >= 4 is 11.9 Å². The lowest BCUT2D eigenvalue weighted by Crippen LogP contribution is -2.52. The SMILES string of the molecule is CC1(C(=O)O)CCCCC1NC(=O)CC1CCNC1. The predicted molar refractivity (Wildman–Crippen MR) is 71.7 cm³/mol. The number of carbonyl (C=O) groups is 2. The molecule has 1 heterocycles. The van der Waals surface area contributed by atoms with Gasteiger partial charge in [-0.15, -0.1) is 0 Å². The number of amides is 1. The summed E-state index contributed by atoms with van der Waals surface area (Å²) in [7, 11) is 0. The van der Waals surface area contributed by atoms with E-state index in [4.69, 9.17) is 0 Å². The van der Waals surface area contributed by atoms with E-state index < -0.39 is 11.4 Å². The first-order chi connectivity index (χ1) is 9.02. The van der Waals surface area contributed by atoms with Crippen molar-refractivity contribution in [3.05, 3.63) is 0 Å². The van der Waals surface area contributed by atoms with Crippen LogP contribution in [0, 0.1) is 11.3 Å². The highest BCUT2D eigenvalue weighted by Crippen LogP contribution is 2.36. The van der Waals surface area contributed by atoms with Crippen molar-refractivity contribution in [2.45, 2.75) is 51.5 Å². The van der Waals surface area contributed by atoms with Crippen molar-refractivity contribution in [2.24, 2.45) is 11.3 Å². The normalized spacial score (nSPS) is 35.0.